The van der Waals surface area contributed by atoms with Gasteiger partial charge in [-0.1, -0.05) is 0 Å². The van der Waals surface area contributed by atoms with Gasteiger partial charge in [-0.2, -0.15) is 0 Å². The SMILES string of the molecule is CCOc1ccc(OCC(=O)OCC(=O)N[C@@H]2CCS(=O)(=O)C2)cc1. The lowest BCUT2D eigenvalue weighted by molar-refractivity contribution is -0.150. The van der Waals surface area contributed by atoms with Gasteiger partial charge in [0.2, 0.25) is 0 Å². The largest absolute Gasteiger partial charge is 0.494 e. The number of sulfone groups is 1. The van der Waals surface area contributed by atoms with Gasteiger partial charge in [0.1, 0.15) is 11.5 Å². The summed E-state index contributed by atoms with van der Waals surface area (Å²) in [5.41, 5.74) is 0. The van der Waals surface area contributed by atoms with Crippen molar-refractivity contribution in [2.24, 2.45) is 0 Å². The Kier molecular flexibility index (Phi) is 6.63. The zero-order valence-electron chi connectivity index (χ0n) is 13.9. The normalized spacial score (nSPS) is 18.4. The zero-order chi connectivity index (χ0) is 18.3. The molecule has 0 aliphatic carbocycles. The molecule has 1 aliphatic rings. The summed E-state index contributed by atoms with van der Waals surface area (Å²) in [4.78, 5) is 23.2. The molecule has 0 radical (unpaired) electrons. The van der Waals surface area contributed by atoms with Crippen LogP contribution in [0.1, 0.15) is 13.3 Å². The van der Waals surface area contributed by atoms with Crippen LogP contribution in [0.25, 0.3) is 0 Å². The molecule has 1 aromatic carbocycles. The van der Waals surface area contributed by atoms with E-state index in [1.807, 2.05) is 6.92 Å². The Morgan fingerprint density at radius 3 is 2.32 bits per heavy atom. The van der Waals surface area contributed by atoms with Gasteiger partial charge in [0, 0.05) is 6.04 Å². The summed E-state index contributed by atoms with van der Waals surface area (Å²) in [5.74, 6) is -0.0649. The Morgan fingerprint density at radius 1 is 1.12 bits per heavy atom. The summed E-state index contributed by atoms with van der Waals surface area (Å²) in [6.45, 7) is 1.63. The van der Waals surface area contributed by atoms with Crippen molar-refractivity contribution in [3.05, 3.63) is 24.3 Å². The summed E-state index contributed by atoms with van der Waals surface area (Å²) in [7, 11) is -3.07. The lowest BCUT2D eigenvalue weighted by Gasteiger charge is -2.11. The first kappa shape index (κ1) is 19.0. The van der Waals surface area contributed by atoms with Crippen molar-refractivity contribution in [2.75, 3.05) is 31.3 Å². The highest BCUT2D eigenvalue weighted by atomic mass is 32.2. The Balaban J connectivity index is 1.65. The number of benzene rings is 1. The van der Waals surface area contributed by atoms with E-state index in [1.165, 1.54) is 0 Å². The number of hydrogen-bond donors (Lipinski definition) is 1. The fourth-order valence-electron chi connectivity index (χ4n) is 2.31. The third kappa shape index (κ3) is 6.61. The van der Waals surface area contributed by atoms with Crippen LogP contribution >= 0.6 is 0 Å². The number of rotatable bonds is 8. The third-order valence-corrected chi connectivity index (χ3v) is 5.22. The quantitative estimate of drug-likeness (QED) is 0.655. The minimum atomic E-state index is -3.07. The summed E-state index contributed by atoms with van der Waals surface area (Å²) < 4.78 is 38.0. The average Bonchev–Trinajstić information content (AvgIpc) is 2.91. The molecule has 1 aromatic rings. The van der Waals surface area contributed by atoms with E-state index < -0.39 is 34.4 Å². The molecule has 1 fully saturated rings. The van der Waals surface area contributed by atoms with Gasteiger partial charge in [-0.3, -0.25) is 4.79 Å². The topological polar surface area (TPSA) is 108 Å². The maximum absolute atomic E-state index is 11.6. The van der Waals surface area contributed by atoms with E-state index in [0.29, 0.717) is 24.5 Å². The first-order chi connectivity index (χ1) is 11.9. The van der Waals surface area contributed by atoms with Gasteiger partial charge >= 0.3 is 5.97 Å². The molecule has 8 nitrogen and oxygen atoms in total. The van der Waals surface area contributed by atoms with Gasteiger partial charge in [-0.25, -0.2) is 13.2 Å². The molecular weight excluding hydrogens is 350 g/mol. The number of amides is 1. The molecule has 0 aromatic heterocycles. The number of esters is 1. The first-order valence-electron chi connectivity index (χ1n) is 7.89. The molecular formula is C16H21NO7S. The predicted molar refractivity (Wildman–Crippen MR) is 89.3 cm³/mol. The van der Waals surface area contributed by atoms with Crippen molar-refractivity contribution < 1.29 is 32.2 Å². The minimum Gasteiger partial charge on any atom is -0.494 e. The fourth-order valence-corrected chi connectivity index (χ4v) is 3.98. The van der Waals surface area contributed by atoms with Gasteiger partial charge in [-0.15, -0.1) is 0 Å². The number of ether oxygens (including phenoxy) is 3. The fraction of sp³-hybridized carbons (Fsp3) is 0.500. The van der Waals surface area contributed by atoms with Crippen molar-refractivity contribution in [1.82, 2.24) is 5.32 Å². The molecule has 2 rings (SSSR count). The average molecular weight is 371 g/mol. The van der Waals surface area contributed by atoms with Crippen molar-refractivity contribution in [3.8, 4) is 11.5 Å². The molecule has 1 N–H and O–H groups in total. The predicted octanol–water partition coefficient (Wildman–Crippen LogP) is 0.311. The van der Waals surface area contributed by atoms with Crippen LogP contribution in [0.4, 0.5) is 0 Å². The lowest BCUT2D eigenvalue weighted by atomic mass is 10.2. The van der Waals surface area contributed by atoms with E-state index in [1.54, 1.807) is 24.3 Å². The summed E-state index contributed by atoms with van der Waals surface area (Å²) in [6, 6.07) is 6.33. The number of carbonyl (C=O) groups is 2. The van der Waals surface area contributed by atoms with Crippen LogP contribution in [0.15, 0.2) is 24.3 Å². The molecule has 1 heterocycles. The summed E-state index contributed by atoms with van der Waals surface area (Å²) >= 11 is 0. The Bertz CT molecular complexity index is 700. The Hall–Kier alpha value is -2.29. The van der Waals surface area contributed by atoms with Gasteiger partial charge in [0.15, 0.2) is 23.1 Å². The van der Waals surface area contributed by atoms with Gasteiger partial charge in [0.25, 0.3) is 5.91 Å². The molecule has 138 valence electrons. The van der Waals surface area contributed by atoms with Crippen LogP contribution in [-0.2, 0) is 24.2 Å². The standard InChI is InChI=1S/C16H21NO7S/c1-2-22-13-3-5-14(6-4-13)23-10-16(19)24-9-15(18)17-12-7-8-25(20,21)11-12/h3-6,12H,2,7-11H2,1H3,(H,17,18)/t12-/m1/s1. The van der Waals surface area contributed by atoms with Crippen molar-refractivity contribution in [3.63, 3.8) is 0 Å². The second kappa shape index (κ2) is 8.70. The van der Waals surface area contributed by atoms with Gasteiger partial charge in [-0.05, 0) is 37.6 Å². The zero-order valence-corrected chi connectivity index (χ0v) is 14.7. The molecule has 0 spiro atoms. The molecule has 1 amide bonds. The van der Waals surface area contributed by atoms with Crippen molar-refractivity contribution >= 4 is 21.7 Å². The van der Waals surface area contributed by atoms with Crippen LogP contribution in [0.3, 0.4) is 0 Å². The van der Waals surface area contributed by atoms with Crippen LogP contribution in [0, 0.1) is 0 Å². The van der Waals surface area contributed by atoms with E-state index in [4.69, 9.17) is 14.2 Å². The van der Waals surface area contributed by atoms with Crippen LogP contribution in [0.2, 0.25) is 0 Å². The van der Waals surface area contributed by atoms with E-state index in [9.17, 15) is 18.0 Å². The molecule has 1 aliphatic heterocycles. The lowest BCUT2D eigenvalue weighted by Crippen LogP contribution is -2.38. The van der Waals surface area contributed by atoms with E-state index in [2.05, 4.69) is 5.32 Å². The molecule has 1 atom stereocenters. The van der Waals surface area contributed by atoms with Gasteiger partial charge in [0.05, 0.1) is 18.1 Å². The highest BCUT2D eigenvalue weighted by Crippen LogP contribution is 2.17. The maximum atomic E-state index is 11.6. The van der Waals surface area contributed by atoms with E-state index in [0.717, 1.165) is 0 Å². The van der Waals surface area contributed by atoms with Crippen LogP contribution in [0.5, 0.6) is 11.5 Å². The highest BCUT2D eigenvalue weighted by Gasteiger charge is 2.29. The molecule has 0 unspecified atom stereocenters. The Labute approximate surface area is 146 Å². The van der Waals surface area contributed by atoms with Crippen molar-refractivity contribution in [2.45, 2.75) is 19.4 Å². The number of hydrogen-bond acceptors (Lipinski definition) is 7. The first-order valence-corrected chi connectivity index (χ1v) is 9.71. The summed E-state index contributed by atoms with van der Waals surface area (Å²) in [6.07, 6.45) is 0.378. The third-order valence-electron chi connectivity index (χ3n) is 3.45. The molecule has 0 bridgehead atoms. The smallest absolute Gasteiger partial charge is 0.344 e. The molecule has 1 saturated heterocycles. The van der Waals surface area contributed by atoms with Crippen LogP contribution < -0.4 is 14.8 Å². The molecule has 0 saturated carbocycles. The maximum Gasteiger partial charge on any atom is 0.344 e. The number of nitrogens with one attached hydrogen (secondary N) is 1. The highest BCUT2D eigenvalue weighted by molar-refractivity contribution is 7.91. The van der Waals surface area contributed by atoms with Gasteiger partial charge < -0.3 is 19.5 Å². The number of carbonyl (C=O) groups excluding carboxylic acids is 2. The monoisotopic (exact) mass is 371 g/mol. The summed E-state index contributed by atoms with van der Waals surface area (Å²) in [5, 5.41) is 2.53. The van der Waals surface area contributed by atoms with E-state index in [-0.39, 0.29) is 18.1 Å². The van der Waals surface area contributed by atoms with Crippen LogP contribution in [-0.4, -0.2) is 57.7 Å². The van der Waals surface area contributed by atoms with E-state index >= 15 is 0 Å². The second-order valence-electron chi connectivity index (χ2n) is 5.52. The minimum absolute atomic E-state index is 0.0632. The molecule has 25 heavy (non-hydrogen) atoms. The van der Waals surface area contributed by atoms with Crippen molar-refractivity contribution in [1.29, 1.82) is 0 Å². The molecule has 9 heteroatoms. The second-order valence-corrected chi connectivity index (χ2v) is 7.75. The Morgan fingerprint density at radius 2 is 1.76 bits per heavy atom.